The van der Waals surface area contributed by atoms with Gasteiger partial charge in [-0.15, -0.1) is 0 Å². The molecule has 3 rings (SSSR count). The van der Waals surface area contributed by atoms with Crippen LogP contribution in [0.4, 0.5) is 0 Å². The standard InChI is InChI=1S/C20H29N3O2/c1-21-16-18(15-19(21)24)20(25)23-12-6-11-22(13-14-23)10-5-9-17-7-3-2-4-8-17/h2-4,7-8,18H,5-6,9-16H2,1H3. The van der Waals surface area contributed by atoms with Crippen molar-refractivity contribution < 1.29 is 9.59 Å². The Kier molecular flexibility index (Phi) is 6.08. The number of aryl methyl sites for hydroxylation is 1. The minimum atomic E-state index is -0.137. The molecule has 0 aliphatic carbocycles. The first-order chi connectivity index (χ1) is 12.1. The fraction of sp³-hybridized carbons (Fsp3) is 0.600. The molecule has 0 spiro atoms. The predicted molar refractivity (Wildman–Crippen MR) is 98.1 cm³/mol. The van der Waals surface area contributed by atoms with Gasteiger partial charge in [-0.05, 0) is 37.9 Å². The second-order valence-electron chi connectivity index (χ2n) is 7.28. The molecule has 0 N–H and O–H groups in total. The minimum absolute atomic E-state index is 0.0933. The Morgan fingerprint density at radius 2 is 1.92 bits per heavy atom. The van der Waals surface area contributed by atoms with Crippen LogP contribution in [0, 0.1) is 5.92 Å². The topological polar surface area (TPSA) is 43.9 Å². The molecule has 0 radical (unpaired) electrons. The van der Waals surface area contributed by atoms with Crippen molar-refractivity contribution in [3.05, 3.63) is 35.9 Å². The van der Waals surface area contributed by atoms with E-state index >= 15 is 0 Å². The Hall–Kier alpha value is -1.88. The maximum Gasteiger partial charge on any atom is 0.228 e. The summed E-state index contributed by atoms with van der Waals surface area (Å²) in [7, 11) is 1.78. The van der Waals surface area contributed by atoms with Gasteiger partial charge in [0.25, 0.3) is 0 Å². The zero-order valence-corrected chi connectivity index (χ0v) is 15.2. The van der Waals surface area contributed by atoms with Crippen molar-refractivity contribution in [1.82, 2.24) is 14.7 Å². The molecule has 2 saturated heterocycles. The Morgan fingerprint density at radius 1 is 1.12 bits per heavy atom. The minimum Gasteiger partial charge on any atom is -0.345 e. The fourth-order valence-electron chi connectivity index (χ4n) is 3.85. The third kappa shape index (κ3) is 4.82. The van der Waals surface area contributed by atoms with Crippen LogP contribution in [0.2, 0.25) is 0 Å². The van der Waals surface area contributed by atoms with E-state index in [2.05, 4.69) is 35.2 Å². The van der Waals surface area contributed by atoms with Crippen LogP contribution < -0.4 is 0 Å². The van der Waals surface area contributed by atoms with Crippen molar-refractivity contribution in [2.75, 3.05) is 46.3 Å². The maximum atomic E-state index is 12.7. The summed E-state index contributed by atoms with van der Waals surface area (Å²) in [6.45, 7) is 5.27. The molecule has 1 unspecified atom stereocenters. The zero-order chi connectivity index (χ0) is 17.6. The summed E-state index contributed by atoms with van der Waals surface area (Å²) in [4.78, 5) is 30.5. The van der Waals surface area contributed by atoms with Gasteiger partial charge in [-0.1, -0.05) is 30.3 Å². The Morgan fingerprint density at radius 3 is 2.64 bits per heavy atom. The van der Waals surface area contributed by atoms with E-state index in [-0.39, 0.29) is 17.7 Å². The van der Waals surface area contributed by atoms with Crippen LogP contribution in [-0.4, -0.2) is 72.8 Å². The molecule has 2 fully saturated rings. The first-order valence-corrected chi connectivity index (χ1v) is 9.42. The van der Waals surface area contributed by atoms with Gasteiger partial charge in [0, 0.05) is 39.6 Å². The highest BCUT2D eigenvalue weighted by Crippen LogP contribution is 2.19. The molecular weight excluding hydrogens is 314 g/mol. The molecule has 2 heterocycles. The van der Waals surface area contributed by atoms with Crippen molar-refractivity contribution in [3.63, 3.8) is 0 Å². The highest BCUT2D eigenvalue weighted by Gasteiger charge is 2.35. The van der Waals surface area contributed by atoms with Crippen molar-refractivity contribution in [2.24, 2.45) is 5.92 Å². The van der Waals surface area contributed by atoms with E-state index in [1.54, 1.807) is 11.9 Å². The fourth-order valence-corrected chi connectivity index (χ4v) is 3.85. The number of likely N-dealkylation sites (tertiary alicyclic amines) is 1. The summed E-state index contributed by atoms with van der Waals surface area (Å²) in [6.07, 6.45) is 3.66. The normalized spacial score (nSPS) is 22.3. The van der Waals surface area contributed by atoms with Gasteiger partial charge in [-0.3, -0.25) is 9.59 Å². The molecule has 1 aromatic carbocycles. The molecule has 1 aromatic rings. The Bertz CT molecular complexity index is 590. The lowest BCUT2D eigenvalue weighted by atomic mass is 10.1. The molecular formula is C20H29N3O2. The SMILES string of the molecule is CN1CC(C(=O)N2CCCN(CCCc3ccccc3)CC2)CC1=O. The zero-order valence-electron chi connectivity index (χ0n) is 15.2. The number of hydrogen-bond donors (Lipinski definition) is 0. The second-order valence-corrected chi connectivity index (χ2v) is 7.28. The molecule has 5 heteroatoms. The summed E-state index contributed by atoms with van der Waals surface area (Å²) in [5.41, 5.74) is 1.39. The molecule has 2 aliphatic rings. The molecule has 0 aromatic heterocycles. The van der Waals surface area contributed by atoms with E-state index in [1.807, 2.05) is 4.90 Å². The van der Waals surface area contributed by atoms with E-state index in [0.29, 0.717) is 13.0 Å². The van der Waals surface area contributed by atoms with Crippen molar-refractivity contribution >= 4 is 11.8 Å². The van der Waals surface area contributed by atoms with Crippen LogP contribution in [0.15, 0.2) is 30.3 Å². The number of carbonyl (C=O) groups excluding carboxylic acids is 2. The predicted octanol–water partition coefficient (Wildman–Crippen LogP) is 1.63. The Balaban J connectivity index is 1.42. The van der Waals surface area contributed by atoms with Gasteiger partial charge >= 0.3 is 0 Å². The van der Waals surface area contributed by atoms with E-state index in [1.165, 1.54) is 5.56 Å². The third-order valence-electron chi connectivity index (χ3n) is 5.37. The molecule has 2 aliphatic heterocycles. The van der Waals surface area contributed by atoms with Crippen molar-refractivity contribution in [3.8, 4) is 0 Å². The second kappa shape index (κ2) is 8.48. The molecule has 2 amide bonds. The number of hydrogen-bond acceptors (Lipinski definition) is 3. The average molecular weight is 343 g/mol. The van der Waals surface area contributed by atoms with Crippen LogP contribution in [0.5, 0.6) is 0 Å². The van der Waals surface area contributed by atoms with E-state index in [0.717, 1.165) is 52.0 Å². The first kappa shape index (κ1) is 17.9. The lowest BCUT2D eigenvalue weighted by Crippen LogP contribution is -2.39. The number of benzene rings is 1. The number of nitrogens with zero attached hydrogens (tertiary/aromatic N) is 3. The van der Waals surface area contributed by atoms with E-state index < -0.39 is 0 Å². The largest absolute Gasteiger partial charge is 0.345 e. The molecule has 136 valence electrons. The highest BCUT2D eigenvalue weighted by molar-refractivity contribution is 5.89. The highest BCUT2D eigenvalue weighted by atomic mass is 16.2. The van der Waals surface area contributed by atoms with Gasteiger partial charge < -0.3 is 14.7 Å². The van der Waals surface area contributed by atoms with Gasteiger partial charge in [-0.2, -0.15) is 0 Å². The summed E-state index contributed by atoms with van der Waals surface area (Å²) >= 11 is 0. The first-order valence-electron chi connectivity index (χ1n) is 9.42. The van der Waals surface area contributed by atoms with E-state index in [9.17, 15) is 9.59 Å². The van der Waals surface area contributed by atoms with Crippen molar-refractivity contribution in [2.45, 2.75) is 25.7 Å². The van der Waals surface area contributed by atoms with Gasteiger partial charge in [0.05, 0.1) is 5.92 Å². The van der Waals surface area contributed by atoms with E-state index in [4.69, 9.17) is 0 Å². The molecule has 5 nitrogen and oxygen atoms in total. The van der Waals surface area contributed by atoms with Crippen LogP contribution >= 0.6 is 0 Å². The molecule has 0 bridgehead atoms. The monoisotopic (exact) mass is 343 g/mol. The van der Waals surface area contributed by atoms with Gasteiger partial charge in [0.1, 0.15) is 0 Å². The summed E-state index contributed by atoms with van der Waals surface area (Å²) in [5, 5.41) is 0. The summed E-state index contributed by atoms with van der Waals surface area (Å²) in [6, 6.07) is 10.6. The van der Waals surface area contributed by atoms with Crippen LogP contribution in [-0.2, 0) is 16.0 Å². The number of rotatable bonds is 5. The quantitative estimate of drug-likeness (QED) is 0.816. The lowest BCUT2D eigenvalue weighted by Gasteiger charge is -2.24. The Labute approximate surface area is 150 Å². The van der Waals surface area contributed by atoms with Crippen LogP contribution in [0.3, 0.4) is 0 Å². The van der Waals surface area contributed by atoms with Crippen molar-refractivity contribution in [1.29, 1.82) is 0 Å². The average Bonchev–Trinajstić information content (AvgIpc) is 2.83. The van der Waals surface area contributed by atoms with Crippen LogP contribution in [0.1, 0.15) is 24.8 Å². The summed E-state index contributed by atoms with van der Waals surface area (Å²) in [5.74, 6) is 0.127. The van der Waals surface area contributed by atoms with Crippen LogP contribution in [0.25, 0.3) is 0 Å². The number of amides is 2. The lowest BCUT2D eigenvalue weighted by molar-refractivity contribution is -0.135. The molecule has 25 heavy (non-hydrogen) atoms. The summed E-state index contributed by atoms with van der Waals surface area (Å²) < 4.78 is 0. The molecule has 1 atom stereocenters. The third-order valence-corrected chi connectivity index (χ3v) is 5.37. The maximum absolute atomic E-state index is 12.7. The van der Waals surface area contributed by atoms with Gasteiger partial charge in [0.2, 0.25) is 11.8 Å². The van der Waals surface area contributed by atoms with Gasteiger partial charge in [0.15, 0.2) is 0 Å². The smallest absolute Gasteiger partial charge is 0.228 e. The molecule has 0 saturated carbocycles. The van der Waals surface area contributed by atoms with Gasteiger partial charge in [-0.25, -0.2) is 0 Å². The number of carbonyl (C=O) groups is 2.